The molecule has 88 valence electrons. The van der Waals surface area contributed by atoms with Crippen LogP contribution in [0.5, 0.6) is 0 Å². The first-order valence-corrected chi connectivity index (χ1v) is 5.18. The number of carbonyl (C=O) groups is 1. The van der Waals surface area contributed by atoms with Crippen LogP contribution in [0.2, 0.25) is 0 Å². The Balaban J connectivity index is 2.13. The number of nitrogens with one attached hydrogen (secondary N) is 2. The number of rotatable bonds is 4. The van der Waals surface area contributed by atoms with E-state index in [1.54, 1.807) is 24.5 Å². The quantitative estimate of drug-likeness (QED) is 0.733. The summed E-state index contributed by atoms with van der Waals surface area (Å²) in [4.78, 5) is 14.9. The Hall–Kier alpha value is -2.37. The molecule has 2 rings (SSSR count). The average molecular weight is 231 g/mol. The Bertz CT molecular complexity index is 508. The van der Waals surface area contributed by atoms with Gasteiger partial charge in [0.1, 0.15) is 5.69 Å². The van der Waals surface area contributed by atoms with Gasteiger partial charge in [-0.25, -0.2) is 0 Å². The maximum absolute atomic E-state index is 11.0. The second-order valence-corrected chi connectivity index (χ2v) is 3.69. The molecule has 17 heavy (non-hydrogen) atoms. The molecule has 0 aliphatic carbocycles. The van der Waals surface area contributed by atoms with E-state index in [1.165, 1.54) is 0 Å². The van der Waals surface area contributed by atoms with Crippen LogP contribution in [0.15, 0.2) is 30.7 Å². The van der Waals surface area contributed by atoms with Gasteiger partial charge in [0.05, 0.1) is 12.2 Å². The van der Waals surface area contributed by atoms with Gasteiger partial charge in [-0.1, -0.05) is 0 Å². The summed E-state index contributed by atoms with van der Waals surface area (Å²) in [5.74, 6) is -0.537. The molecule has 0 fully saturated rings. The van der Waals surface area contributed by atoms with Crippen LogP contribution in [-0.2, 0) is 0 Å². The predicted molar refractivity (Wildman–Crippen MR) is 63.4 cm³/mol. The zero-order valence-corrected chi connectivity index (χ0v) is 9.34. The molecule has 0 aromatic carbocycles. The molecular formula is C11H13N5O. The van der Waals surface area contributed by atoms with Crippen LogP contribution in [0.25, 0.3) is 0 Å². The van der Waals surface area contributed by atoms with E-state index in [0.717, 1.165) is 11.3 Å². The average Bonchev–Trinajstić information content (AvgIpc) is 2.82. The summed E-state index contributed by atoms with van der Waals surface area (Å²) in [5, 5.41) is 9.86. The molecule has 0 aliphatic rings. The number of primary amides is 1. The number of anilines is 1. The van der Waals surface area contributed by atoms with Crippen molar-refractivity contribution in [2.75, 3.05) is 5.32 Å². The molecule has 0 bridgehead atoms. The number of pyridine rings is 1. The molecule has 0 radical (unpaired) electrons. The van der Waals surface area contributed by atoms with Crippen molar-refractivity contribution in [2.45, 2.75) is 13.0 Å². The van der Waals surface area contributed by atoms with E-state index in [-0.39, 0.29) is 11.7 Å². The Morgan fingerprint density at radius 2 is 2.41 bits per heavy atom. The molecule has 2 aromatic heterocycles. The number of aromatic nitrogens is 3. The fourth-order valence-electron chi connectivity index (χ4n) is 1.49. The molecule has 6 nitrogen and oxygen atoms in total. The third kappa shape index (κ3) is 2.60. The van der Waals surface area contributed by atoms with Crippen molar-refractivity contribution in [1.82, 2.24) is 15.2 Å². The van der Waals surface area contributed by atoms with Gasteiger partial charge in [0.2, 0.25) is 0 Å². The molecule has 1 atom stereocenters. The molecule has 6 heteroatoms. The number of amides is 1. The van der Waals surface area contributed by atoms with Gasteiger partial charge in [0.15, 0.2) is 0 Å². The lowest BCUT2D eigenvalue weighted by atomic mass is 10.2. The molecule has 0 saturated heterocycles. The molecule has 0 spiro atoms. The maximum atomic E-state index is 11.0. The van der Waals surface area contributed by atoms with Crippen LogP contribution in [0.3, 0.4) is 0 Å². The zero-order valence-electron chi connectivity index (χ0n) is 9.34. The maximum Gasteiger partial charge on any atom is 0.267 e. The second-order valence-electron chi connectivity index (χ2n) is 3.69. The molecule has 4 N–H and O–H groups in total. The Morgan fingerprint density at radius 3 is 3.06 bits per heavy atom. The summed E-state index contributed by atoms with van der Waals surface area (Å²) < 4.78 is 0. The summed E-state index contributed by atoms with van der Waals surface area (Å²) in [6.07, 6.45) is 5.10. The first-order valence-electron chi connectivity index (χ1n) is 5.18. The minimum atomic E-state index is -0.537. The molecule has 0 aliphatic heterocycles. The van der Waals surface area contributed by atoms with E-state index in [4.69, 9.17) is 5.73 Å². The van der Waals surface area contributed by atoms with E-state index < -0.39 is 5.91 Å². The largest absolute Gasteiger partial charge is 0.378 e. The first-order chi connectivity index (χ1) is 8.16. The van der Waals surface area contributed by atoms with Crippen LogP contribution in [-0.4, -0.2) is 21.1 Å². The zero-order chi connectivity index (χ0) is 12.3. The normalized spacial score (nSPS) is 12.1. The SMILES string of the molecule is CC(Nc1ccnc(C(N)=O)c1)c1cn[nH]c1. The highest BCUT2D eigenvalue weighted by molar-refractivity contribution is 5.91. The molecule has 1 unspecified atom stereocenters. The van der Waals surface area contributed by atoms with Crippen molar-refractivity contribution >= 4 is 11.6 Å². The topological polar surface area (TPSA) is 96.7 Å². The third-order valence-corrected chi connectivity index (χ3v) is 2.41. The lowest BCUT2D eigenvalue weighted by Crippen LogP contribution is -2.14. The van der Waals surface area contributed by atoms with E-state index >= 15 is 0 Å². The highest BCUT2D eigenvalue weighted by atomic mass is 16.1. The fourth-order valence-corrected chi connectivity index (χ4v) is 1.49. The highest BCUT2D eigenvalue weighted by Gasteiger charge is 2.08. The monoisotopic (exact) mass is 231 g/mol. The summed E-state index contributed by atoms with van der Waals surface area (Å²) in [6.45, 7) is 2.00. The van der Waals surface area contributed by atoms with Gasteiger partial charge in [-0.3, -0.25) is 14.9 Å². The summed E-state index contributed by atoms with van der Waals surface area (Å²) in [7, 11) is 0. The highest BCUT2D eigenvalue weighted by Crippen LogP contribution is 2.17. The Labute approximate surface area is 98.3 Å². The van der Waals surface area contributed by atoms with Crippen LogP contribution in [0.1, 0.15) is 29.0 Å². The van der Waals surface area contributed by atoms with Crippen molar-refractivity contribution < 1.29 is 4.79 Å². The van der Waals surface area contributed by atoms with Crippen molar-refractivity contribution in [3.05, 3.63) is 42.0 Å². The molecule has 2 aromatic rings. The lowest BCUT2D eigenvalue weighted by Gasteiger charge is -2.13. The second kappa shape index (κ2) is 4.65. The summed E-state index contributed by atoms with van der Waals surface area (Å²) in [5.41, 5.74) is 7.23. The van der Waals surface area contributed by atoms with E-state index in [0.29, 0.717) is 0 Å². The summed E-state index contributed by atoms with van der Waals surface area (Å²) >= 11 is 0. The third-order valence-electron chi connectivity index (χ3n) is 2.41. The number of hydrogen-bond donors (Lipinski definition) is 3. The Morgan fingerprint density at radius 1 is 1.59 bits per heavy atom. The van der Waals surface area contributed by atoms with Gasteiger partial charge in [-0.15, -0.1) is 0 Å². The van der Waals surface area contributed by atoms with Crippen molar-refractivity contribution in [2.24, 2.45) is 5.73 Å². The van der Waals surface area contributed by atoms with Gasteiger partial charge in [-0.05, 0) is 19.1 Å². The van der Waals surface area contributed by atoms with Crippen molar-refractivity contribution in [3.8, 4) is 0 Å². The van der Waals surface area contributed by atoms with E-state index in [1.807, 2.05) is 13.1 Å². The van der Waals surface area contributed by atoms with Crippen molar-refractivity contribution in [1.29, 1.82) is 0 Å². The van der Waals surface area contributed by atoms with Gasteiger partial charge in [0.25, 0.3) is 5.91 Å². The number of H-pyrrole nitrogens is 1. The van der Waals surface area contributed by atoms with E-state index in [9.17, 15) is 4.79 Å². The van der Waals surface area contributed by atoms with Gasteiger partial charge in [-0.2, -0.15) is 5.10 Å². The number of carbonyl (C=O) groups excluding carboxylic acids is 1. The number of nitrogens with two attached hydrogens (primary N) is 1. The Kier molecular flexibility index (Phi) is 3.04. The van der Waals surface area contributed by atoms with E-state index in [2.05, 4.69) is 20.5 Å². The minimum absolute atomic E-state index is 0.0804. The van der Waals surface area contributed by atoms with Crippen LogP contribution in [0, 0.1) is 0 Å². The van der Waals surface area contributed by atoms with Crippen LogP contribution < -0.4 is 11.1 Å². The van der Waals surface area contributed by atoms with Gasteiger partial charge < -0.3 is 11.1 Å². The number of nitrogens with zero attached hydrogens (tertiary/aromatic N) is 2. The van der Waals surface area contributed by atoms with Crippen molar-refractivity contribution in [3.63, 3.8) is 0 Å². The molecule has 1 amide bonds. The molecular weight excluding hydrogens is 218 g/mol. The molecule has 0 saturated carbocycles. The van der Waals surface area contributed by atoms with Gasteiger partial charge >= 0.3 is 0 Å². The van der Waals surface area contributed by atoms with Crippen LogP contribution >= 0.6 is 0 Å². The number of hydrogen-bond acceptors (Lipinski definition) is 4. The predicted octanol–water partition coefficient (Wildman–Crippen LogP) is 1.08. The molecule has 2 heterocycles. The first kappa shape index (κ1) is 11.1. The standard InChI is InChI=1S/C11H13N5O/c1-7(8-5-14-15-6-8)16-9-2-3-13-10(4-9)11(12)17/h2-7H,1H3,(H2,12,17)(H,13,16)(H,14,15). The van der Waals surface area contributed by atoms with Crippen LogP contribution in [0.4, 0.5) is 5.69 Å². The fraction of sp³-hybridized carbons (Fsp3) is 0.182. The lowest BCUT2D eigenvalue weighted by molar-refractivity contribution is 0.0995. The van der Waals surface area contributed by atoms with Gasteiger partial charge in [0, 0.05) is 23.6 Å². The minimum Gasteiger partial charge on any atom is -0.378 e. The summed E-state index contributed by atoms with van der Waals surface area (Å²) in [6, 6.07) is 3.49. The number of aromatic amines is 1. The smallest absolute Gasteiger partial charge is 0.267 e.